The quantitative estimate of drug-likeness (QED) is 0.331. The van der Waals surface area contributed by atoms with Gasteiger partial charge in [-0.1, -0.05) is 32.9 Å². The molecule has 1 atom stereocenters. The minimum absolute atomic E-state index is 0.0106. The third kappa shape index (κ3) is 5.47. The Labute approximate surface area is 180 Å². The molecule has 10 nitrogen and oxygen atoms in total. The maximum atomic E-state index is 11.3. The van der Waals surface area contributed by atoms with E-state index in [1.165, 1.54) is 0 Å². The Morgan fingerprint density at radius 2 is 1.90 bits per heavy atom. The Morgan fingerprint density at radius 3 is 2.52 bits per heavy atom. The van der Waals surface area contributed by atoms with Gasteiger partial charge in [-0.3, -0.25) is 4.79 Å². The van der Waals surface area contributed by atoms with Crippen LogP contribution >= 0.6 is 0 Å². The number of aliphatic hydroxyl groups is 2. The van der Waals surface area contributed by atoms with Gasteiger partial charge in [0.2, 0.25) is 17.8 Å². The van der Waals surface area contributed by atoms with Crippen molar-refractivity contribution in [3.63, 3.8) is 0 Å². The number of nitrogens with one attached hydrogen (secondary N) is 3. The van der Waals surface area contributed by atoms with Crippen LogP contribution in [0.5, 0.6) is 0 Å². The van der Waals surface area contributed by atoms with E-state index in [0.717, 1.165) is 17.5 Å². The highest BCUT2D eigenvalue weighted by Gasteiger charge is 2.16. The third-order valence-corrected chi connectivity index (χ3v) is 4.90. The Bertz CT molecular complexity index is 1010. The van der Waals surface area contributed by atoms with E-state index in [9.17, 15) is 9.90 Å². The lowest BCUT2D eigenvalue weighted by Crippen LogP contribution is -2.24. The molecule has 0 spiro atoms. The molecule has 3 rings (SSSR count). The maximum absolute atomic E-state index is 11.3. The van der Waals surface area contributed by atoms with Crippen molar-refractivity contribution in [2.75, 3.05) is 29.2 Å². The van der Waals surface area contributed by atoms with Crippen molar-refractivity contribution < 1.29 is 15.0 Å². The van der Waals surface area contributed by atoms with E-state index in [0.29, 0.717) is 29.8 Å². The summed E-state index contributed by atoms with van der Waals surface area (Å²) in [7, 11) is 0. The maximum Gasteiger partial charge on any atom is 0.250 e. The highest BCUT2D eigenvalue weighted by atomic mass is 16.3. The first kappa shape index (κ1) is 22.4. The van der Waals surface area contributed by atoms with Gasteiger partial charge in [0.05, 0.1) is 18.8 Å². The number of carbonyl (C=O) groups excluding carboxylic acids is 1. The van der Waals surface area contributed by atoms with Crippen LogP contribution in [0.2, 0.25) is 0 Å². The average Bonchev–Trinajstić information content (AvgIpc) is 3.21. The molecule has 0 aliphatic heterocycles. The zero-order chi connectivity index (χ0) is 22.4. The average molecular weight is 428 g/mol. The smallest absolute Gasteiger partial charge is 0.250 e. The summed E-state index contributed by atoms with van der Waals surface area (Å²) >= 11 is 0. The lowest BCUT2D eigenvalue weighted by molar-refractivity contribution is -0.118. The molecule has 1 amide bonds. The molecule has 10 heteroatoms. The summed E-state index contributed by atoms with van der Waals surface area (Å²) in [6.45, 7) is 6.06. The fourth-order valence-corrected chi connectivity index (χ4v) is 3.03. The van der Waals surface area contributed by atoms with E-state index < -0.39 is 12.5 Å². The van der Waals surface area contributed by atoms with E-state index in [-0.39, 0.29) is 18.6 Å². The van der Waals surface area contributed by atoms with Gasteiger partial charge in [0, 0.05) is 17.8 Å². The van der Waals surface area contributed by atoms with Crippen molar-refractivity contribution in [2.45, 2.75) is 45.7 Å². The van der Waals surface area contributed by atoms with Crippen LogP contribution in [-0.4, -0.2) is 55.0 Å². The van der Waals surface area contributed by atoms with E-state index in [1.54, 1.807) is 22.8 Å². The van der Waals surface area contributed by atoms with Gasteiger partial charge >= 0.3 is 0 Å². The highest BCUT2D eigenvalue weighted by Crippen LogP contribution is 2.23. The van der Waals surface area contributed by atoms with Gasteiger partial charge in [-0.25, -0.2) is 0 Å². The van der Waals surface area contributed by atoms with Crippen molar-refractivity contribution in [3.05, 3.63) is 41.6 Å². The number of benzene rings is 1. The van der Waals surface area contributed by atoms with Gasteiger partial charge in [-0.15, -0.1) is 0 Å². The van der Waals surface area contributed by atoms with Gasteiger partial charge in [-0.05, 0) is 30.0 Å². The van der Waals surface area contributed by atoms with Gasteiger partial charge in [0.1, 0.15) is 6.61 Å². The molecule has 166 valence electrons. The summed E-state index contributed by atoms with van der Waals surface area (Å²) in [4.78, 5) is 20.5. The fourth-order valence-electron chi connectivity index (χ4n) is 3.03. The number of carbonyl (C=O) groups is 1. The molecule has 0 unspecified atom stereocenters. The van der Waals surface area contributed by atoms with Crippen LogP contribution in [0.15, 0.2) is 30.5 Å². The molecule has 2 aromatic heterocycles. The van der Waals surface area contributed by atoms with E-state index in [2.05, 4.69) is 44.9 Å². The lowest BCUT2D eigenvalue weighted by Gasteiger charge is -2.16. The summed E-state index contributed by atoms with van der Waals surface area (Å²) in [6.07, 6.45) is 2.54. The topological polar surface area (TPSA) is 137 Å². The summed E-state index contributed by atoms with van der Waals surface area (Å²) in [6, 6.07) is 7.15. The van der Waals surface area contributed by atoms with Gasteiger partial charge in [0.25, 0.3) is 0 Å². The molecule has 0 bridgehead atoms. The molecule has 0 aliphatic rings. The summed E-state index contributed by atoms with van der Waals surface area (Å²) in [5.41, 5.74) is 3.31. The van der Waals surface area contributed by atoms with Crippen LogP contribution in [0, 0.1) is 0 Å². The SMILES string of the molecule is CC[C@@H](CO)Nc1nc(NCc2ccc(NC(=O)CO)cc2)n2ncc(C(C)C)c2n1. The van der Waals surface area contributed by atoms with Crippen LogP contribution in [0.25, 0.3) is 5.65 Å². The van der Waals surface area contributed by atoms with Gasteiger partial charge in [0.15, 0.2) is 5.65 Å². The number of aliphatic hydroxyl groups excluding tert-OH is 2. The van der Waals surface area contributed by atoms with Crippen LogP contribution in [0.3, 0.4) is 0 Å². The molecular weight excluding hydrogens is 398 g/mol. The number of nitrogens with zero attached hydrogens (tertiary/aromatic N) is 4. The third-order valence-electron chi connectivity index (χ3n) is 4.90. The minimum Gasteiger partial charge on any atom is -0.394 e. The predicted molar refractivity (Wildman–Crippen MR) is 119 cm³/mol. The summed E-state index contributed by atoms with van der Waals surface area (Å²) in [5, 5.41) is 31.9. The first-order valence-corrected chi connectivity index (χ1v) is 10.3. The van der Waals surface area contributed by atoms with Crippen LogP contribution in [0.4, 0.5) is 17.6 Å². The molecule has 0 saturated carbocycles. The molecular formula is C21H29N7O3. The van der Waals surface area contributed by atoms with Crippen molar-refractivity contribution in [1.82, 2.24) is 19.6 Å². The molecule has 2 heterocycles. The number of aromatic nitrogens is 4. The number of hydrogen-bond donors (Lipinski definition) is 5. The van der Waals surface area contributed by atoms with E-state index >= 15 is 0 Å². The molecule has 0 aliphatic carbocycles. The van der Waals surface area contributed by atoms with Crippen LogP contribution < -0.4 is 16.0 Å². The Kier molecular flexibility index (Phi) is 7.37. The molecule has 3 aromatic rings. The number of rotatable bonds is 10. The number of anilines is 3. The van der Waals surface area contributed by atoms with Crippen molar-refractivity contribution in [3.8, 4) is 0 Å². The van der Waals surface area contributed by atoms with Crippen molar-refractivity contribution in [2.24, 2.45) is 0 Å². The van der Waals surface area contributed by atoms with Crippen LogP contribution in [-0.2, 0) is 11.3 Å². The summed E-state index contributed by atoms with van der Waals surface area (Å²) in [5.74, 6) is 0.752. The second-order valence-corrected chi connectivity index (χ2v) is 7.55. The zero-order valence-electron chi connectivity index (χ0n) is 18.0. The predicted octanol–water partition coefficient (Wildman–Crippen LogP) is 1.97. The molecule has 0 saturated heterocycles. The molecule has 0 radical (unpaired) electrons. The number of amides is 1. The highest BCUT2D eigenvalue weighted by molar-refractivity contribution is 5.91. The zero-order valence-corrected chi connectivity index (χ0v) is 18.0. The number of fused-ring (bicyclic) bond motifs is 1. The molecule has 0 fully saturated rings. The largest absolute Gasteiger partial charge is 0.394 e. The Morgan fingerprint density at radius 1 is 1.16 bits per heavy atom. The van der Waals surface area contributed by atoms with E-state index in [1.807, 2.05) is 19.1 Å². The molecule has 5 N–H and O–H groups in total. The molecule has 31 heavy (non-hydrogen) atoms. The number of hydrogen-bond acceptors (Lipinski definition) is 8. The van der Waals surface area contributed by atoms with Crippen molar-refractivity contribution in [1.29, 1.82) is 0 Å². The van der Waals surface area contributed by atoms with Crippen LogP contribution in [0.1, 0.15) is 44.2 Å². The first-order valence-electron chi connectivity index (χ1n) is 10.3. The standard InChI is InChI=1S/C21H29N7O3/c1-4-15(11-29)25-20-26-19-17(13(2)3)10-23-28(19)21(27-20)22-9-14-5-7-16(8-6-14)24-18(31)12-30/h5-8,10,13,15,29-30H,4,9,11-12H2,1-3H3,(H,24,31)(H2,22,25,26,27)/t15-/m0/s1. The van der Waals surface area contributed by atoms with Gasteiger partial charge in [-0.2, -0.15) is 19.6 Å². The second-order valence-electron chi connectivity index (χ2n) is 7.55. The normalized spacial score (nSPS) is 12.2. The van der Waals surface area contributed by atoms with Crippen molar-refractivity contribution >= 4 is 29.1 Å². The second kappa shape index (κ2) is 10.2. The Hall–Kier alpha value is -3.24. The minimum atomic E-state index is -0.555. The lowest BCUT2D eigenvalue weighted by atomic mass is 10.1. The monoisotopic (exact) mass is 427 g/mol. The summed E-state index contributed by atoms with van der Waals surface area (Å²) < 4.78 is 1.68. The van der Waals surface area contributed by atoms with E-state index in [4.69, 9.17) is 5.11 Å². The van der Waals surface area contributed by atoms with Gasteiger partial charge < -0.3 is 26.2 Å². The molecule has 1 aromatic carbocycles. The fraction of sp³-hybridized carbons (Fsp3) is 0.429. The first-order chi connectivity index (χ1) is 14.9. The Balaban J connectivity index is 1.83.